The van der Waals surface area contributed by atoms with Gasteiger partial charge >= 0.3 is 0 Å². The minimum absolute atomic E-state index is 0. The molecular formula is C11H19ClN2OS. The molecule has 0 aliphatic heterocycles. The fraction of sp³-hybridized carbons (Fsp3) is 0.545. The molecule has 1 aromatic rings. The van der Waals surface area contributed by atoms with Crippen molar-refractivity contribution >= 4 is 29.7 Å². The Bertz CT molecular complexity index is 302. The molecule has 1 heterocycles. The number of amides is 1. The van der Waals surface area contributed by atoms with Gasteiger partial charge in [0.2, 0.25) is 0 Å². The predicted molar refractivity (Wildman–Crippen MR) is 71.4 cm³/mol. The molecule has 5 heteroatoms. The van der Waals surface area contributed by atoms with Gasteiger partial charge in [-0.2, -0.15) is 11.3 Å². The van der Waals surface area contributed by atoms with Crippen molar-refractivity contribution in [1.82, 2.24) is 5.32 Å². The molecule has 0 saturated carbocycles. The van der Waals surface area contributed by atoms with Crippen molar-refractivity contribution in [1.29, 1.82) is 0 Å². The highest BCUT2D eigenvalue weighted by Crippen LogP contribution is 2.15. The Balaban J connectivity index is 0.00000225. The van der Waals surface area contributed by atoms with Crippen LogP contribution in [-0.4, -0.2) is 18.0 Å². The lowest BCUT2D eigenvalue weighted by atomic mass is 9.92. The Kier molecular flexibility index (Phi) is 6.64. The number of nitrogens with two attached hydrogens (primary N) is 1. The van der Waals surface area contributed by atoms with E-state index in [1.807, 2.05) is 30.7 Å². The van der Waals surface area contributed by atoms with Crippen LogP contribution in [-0.2, 0) is 0 Å². The van der Waals surface area contributed by atoms with E-state index in [4.69, 9.17) is 5.73 Å². The van der Waals surface area contributed by atoms with E-state index in [9.17, 15) is 4.79 Å². The molecule has 0 fully saturated rings. The first-order valence-electron chi connectivity index (χ1n) is 5.22. The smallest absolute Gasteiger partial charge is 0.252 e. The van der Waals surface area contributed by atoms with E-state index in [2.05, 4.69) is 5.32 Å². The number of thiophene rings is 1. The van der Waals surface area contributed by atoms with Gasteiger partial charge in [-0.05, 0) is 24.3 Å². The van der Waals surface area contributed by atoms with Crippen LogP contribution in [0.2, 0.25) is 0 Å². The van der Waals surface area contributed by atoms with E-state index in [1.54, 1.807) is 0 Å². The van der Waals surface area contributed by atoms with Crippen molar-refractivity contribution < 1.29 is 4.79 Å². The Hall–Kier alpha value is -0.580. The van der Waals surface area contributed by atoms with Crippen LogP contribution in [0, 0.1) is 0 Å². The molecule has 0 unspecified atom stereocenters. The number of rotatable bonds is 5. The van der Waals surface area contributed by atoms with E-state index in [0.29, 0.717) is 6.54 Å². The highest BCUT2D eigenvalue weighted by atomic mass is 35.5. The van der Waals surface area contributed by atoms with Gasteiger partial charge in [-0.1, -0.05) is 13.8 Å². The van der Waals surface area contributed by atoms with Gasteiger partial charge in [0.1, 0.15) is 0 Å². The maximum absolute atomic E-state index is 11.8. The molecule has 0 atom stereocenters. The molecule has 3 N–H and O–H groups in total. The third-order valence-corrected chi connectivity index (χ3v) is 3.59. The second kappa shape index (κ2) is 6.89. The summed E-state index contributed by atoms with van der Waals surface area (Å²) in [6, 6.07) is 1.83. The summed E-state index contributed by atoms with van der Waals surface area (Å²) in [4.78, 5) is 11.8. The van der Waals surface area contributed by atoms with Crippen molar-refractivity contribution in [3.8, 4) is 0 Å². The molecule has 16 heavy (non-hydrogen) atoms. The van der Waals surface area contributed by atoms with Crippen molar-refractivity contribution in [2.75, 3.05) is 6.54 Å². The zero-order valence-electron chi connectivity index (χ0n) is 9.66. The molecule has 0 saturated heterocycles. The van der Waals surface area contributed by atoms with E-state index in [1.165, 1.54) is 11.3 Å². The van der Waals surface area contributed by atoms with Crippen LogP contribution >= 0.6 is 23.7 Å². The van der Waals surface area contributed by atoms with E-state index < -0.39 is 0 Å². The molecule has 3 nitrogen and oxygen atoms in total. The topological polar surface area (TPSA) is 55.1 Å². The van der Waals surface area contributed by atoms with Crippen LogP contribution in [0.4, 0.5) is 0 Å². The van der Waals surface area contributed by atoms with Gasteiger partial charge in [-0.3, -0.25) is 4.79 Å². The predicted octanol–water partition coefficient (Wildman–Crippen LogP) is 2.42. The summed E-state index contributed by atoms with van der Waals surface area (Å²) in [6.45, 7) is 4.57. The Labute approximate surface area is 107 Å². The van der Waals surface area contributed by atoms with E-state index in [0.717, 1.165) is 18.4 Å². The lowest BCUT2D eigenvalue weighted by molar-refractivity contribution is 0.0896. The molecule has 0 aromatic carbocycles. The van der Waals surface area contributed by atoms with Gasteiger partial charge in [-0.15, -0.1) is 12.4 Å². The van der Waals surface area contributed by atoms with E-state index >= 15 is 0 Å². The Morgan fingerprint density at radius 2 is 2.12 bits per heavy atom. The first kappa shape index (κ1) is 15.4. The van der Waals surface area contributed by atoms with Gasteiger partial charge < -0.3 is 11.1 Å². The lowest BCUT2D eigenvalue weighted by Crippen LogP contribution is -2.52. The summed E-state index contributed by atoms with van der Waals surface area (Å²) in [5.41, 5.74) is 6.19. The number of halogens is 1. The summed E-state index contributed by atoms with van der Waals surface area (Å²) in [5.74, 6) is -0.0228. The van der Waals surface area contributed by atoms with Crippen molar-refractivity contribution in [2.45, 2.75) is 32.2 Å². The molecule has 0 bridgehead atoms. The molecule has 1 rings (SSSR count). The second-order valence-corrected chi connectivity index (χ2v) is 4.44. The Morgan fingerprint density at radius 1 is 1.50 bits per heavy atom. The fourth-order valence-electron chi connectivity index (χ4n) is 1.47. The SMILES string of the molecule is CCC(CC)(CN)NC(=O)c1ccsc1.Cl. The van der Waals surface area contributed by atoms with Gasteiger partial charge in [0.05, 0.1) is 11.1 Å². The number of carbonyl (C=O) groups excluding carboxylic acids is 1. The van der Waals surface area contributed by atoms with Crippen molar-refractivity contribution in [3.05, 3.63) is 22.4 Å². The molecule has 92 valence electrons. The third-order valence-electron chi connectivity index (χ3n) is 2.91. The minimum Gasteiger partial charge on any atom is -0.345 e. The van der Waals surface area contributed by atoms with Crippen molar-refractivity contribution in [3.63, 3.8) is 0 Å². The van der Waals surface area contributed by atoms with Gasteiger partial charge in [0.15, 0.2) is 0 Å². The van der Waals surface area contributed by atoms with Crippen LogP contribution in [0.5, 0.6) is 0 Å². The number of carbonyl (C=O) groups is 1. The third kappa shape index (κ3) is 3.47. The summed E-state index contributed by atoms with van der Waals surface area (Å²) in [5, 5.41) is 6.77. The summed E-state index contributed by atoms with van der Waals surface area (Å²) < 4.78 is 0. The number of nitrogens with one attached hydrogen (secondary N) is 1. The number of hydrogen-bond acceptors (Lipinski definition) is 3. The largest absolute Gasteiger partial charge is 0.345 e. The molecule has 1 amide bonds. The first-order valence-corrected chi connectivity index (χ1v) is 6.16. The molecule has 0 aliphatic carbocycles. The molecule has 0 spiro atoms. The second-order valence-electron chi connectivity index (χ2n) is 3.66. The maximum atomic E-state index is 11.8. The van der Waals surface area contributed by atoms with Crippen LogP contribution in [0.15, 0.2) is 16.8 Å². The van der Waals surface area contributed by atoms with Crippen molar-refractivity contribution in [2.24, 2.45) is 5.73 Å². The summed E-state index contributed by atoms with van der Waals surface area (Å²) >= 11 is 1.52. The molecule has 1 aromatic heterocycles. The highest BCUT2D eigenvalue weighted by Gasteiger charge is 2.26. The normalized spacial score (nSPS) is 10.7. The molecule has 0 radical (unpaired) electrons. The Morgan fingerprint density at radius 3 is 2.50 bits per heavy atom. The zero-order valence-corrected chi connectivity index (χ0v) is 11.3. The molecular weight excluding hydrogens is 244 g/mol. The summed E-state index contributed by atoms with van der Waals surface area (Å²) in [7, 11) is 0. The zero-order chi connectivity index (χ0) is 11.3. The first-order chi connectivity index (χ1) is 7.17. The average molecular weight is 263 g/mol. The van der Waals surface area contributed by atoms with Gasteiger partial charge in [0, 0.05) is 11.9 Å². The lowest BCUT2D eigenvalue weighted by Gasteiger charge is -2.31. The van der Waals surface area contributed by atoms with Crippen LogP contribution < -0.4 is 11.1 Å². The standard InChI is InChI=1S/C11H18N2OS.ClH/c1-3-11(4-2,8-12)13-10(14)9-5-6-15-7-9;/h5-7H,3-4,8,12H2,1-2H3,(H,13,14);1H. The van der Waals surface area contributed by atoms with E-state index in [-0.39, 0.29) is 23.9 Å². The molecule has 0 aliphatic rings. The maximum Gasteiger partial charge on any atom is 0.252 e. The highest BCUT2D eigenvalue weighted by molar-refractivity contribution is 7.08. The fourth-order valence-corrected chi connectivity index (χ4v) is 2.11. The van der Waals surface area contributed by atoms with Gasteiger partial charge in [0.25, 0.3) is 5.91 Å². The number of hydrogen-bond donors (Lipinski definition) is 2. The minimum atomic E-state index is -0.251. The van der Waals surface area contributed by atoms with Gasteiger partial charge in [-0.25, -0.2) is 0 Å². The summed E-state index contributed by atoms with van der Waals surface area (Å²) in [6.07, 6.45) is 1.71. The quantitative estimate of drug-likeness (QED) is 0.856. The monoisotopic (exact) mass is 262 g/mol. The van der Waals surface area contributed by atoms with Crippen LogP contribution in [0.3, 0.4) is 0 Å². The van der Waals surface area contributed by atoms with Crippen LogP contribution in [0.25, 0.3) is 0 Å². The average Bonchev–Trinajstić information content (AvgIpc) is 2.79. The van der Waals surface area contributed by atoms with Crippen LogP contribution in [0.1, 0.15) is 37.0 Å².